The molecule has 0 spiro atoms. The Labute approximate surface area is 119 Å². The summed E-state index contributed by atoms with van der Waals surface area (Å²) in [4.78, 5) is 2.78. The smallest absolute Gasteiger partial charge is 0.119 e. The molecular weight excluding hydrogens is 254 g/mol. The lowest BCUT2D eigenvalue weighted by molar-refractivity contribution is 0.339. The molecule has 102 valence electrons. The third-order valence-corrected chi connectivity index (χ3v) is 4.40. The molecule has 0 bridgehead atoms. The van der Waals surface area contributed by atoms with Crippen molar-refractivity contribution in [3.05, 3.63) is 51.7 Å². The van der Waals surface area contributed by atoms with Crippen LogP contribution in [0.2, 0.25) is 0 Å². The Hall–Kier alpha value is -1.32. The van der Waals surface area contributed by atoms with E-state index in [0.29, 0.717) is 6.61 Å². The SMILES string of the molecule is CCOc1cccc(C(NC)c2ccc(CC)s2)c1. The molecule has 2 aromatic rings. The molecule has 0 fully saturated rings. The van der Waals surface area contributed by atoms with Gasteiger partial charge in [0, 0.05) is 9.75 Å². The zero-order valence-electron chi connectivity index (χ0n) is 11.8. The number of nitrogens with one attached hydrogen (secondary N) is 1. The van der Waals surface area contributed by atoms with Crippen molar-refractivity contribution in [2.24, 2.45) is 0 Å². The fourth-order valence-electron chi connectivity index (χ4n) is 2.16. The summed E-state index contributed by atoms with van der Waals surface area (Å²) in [5.74, 6) is 0.938. The summed E-state index contributed by atoms with van der Waals surface area (Å²) >= 11 is 1.88. The molecule has 0 amide bonds. The first kappa shape index (κ1) is 14.1. The topological polar surface area (TPSA) is 21.3 Å². The maximum atomic E-state index is 5.58. The van der Waals surface area contributed by atoms with Gasteiger partial charge >= 0.3 is 0 Å². The van der Waals surface area contributed by atoms with E-state index in [2.05, 4.69) is 42.6 Å². The summed E-state index contributed by atoms with van der Waals surface area (Å²) in [5.41, 5.74) is 1.25. The fourth-order valence-corrected chi connectivity index (χ4v) is 3.25. The summed E-state index contributed by atoms with van der Waals surface area (Å²) in [6, 6.07) is 13.0. The zero-order valence-corrected chi connectivity index (χ0v) is 12.6. The van der Waals surface area contributed by atoms with E-state index in [1.54, 1.807) is 0 Å². The van der Waals surface area contributed by atoms with Crippen LogP contribution in [0.5, 0.6) is 5.75 Å². The first-order valence-corrected chi connectivity index (χ1v) is 7.58. The number of rotatable bonds is 6. The Bertz CT molecular complexity index is 521. The van der Waals surface area contributed by atoms with Crippen LogP contribution in [0.15, 0.2) is 36.4 Å². The van der Waals surface area contributed by atoms with Gasteiger partial charge in [0.05, 0.1) is 12.6 Å². The largest absolute Gasteiger partial charge is 0.494 e. The molecule has 0 saturated carbocycles. The molecule has 19 heavy (non-hydrogen) atoms. The lowest BCUT2D eigenvalue weighted by atomic mass is 10.1. The molecular formula is C16H21NOS. The Morgan fingerprint density at radius 1 is 1.21 bits per heavy atom. The van der Waals surface area contributed by atoms with E-state index in [1.165, 1.54) is 15.3 Å². The molecule has 1 unspecified atom stereocenters. The average Bonchev–Trinajstić information content (AvgIpc) is 2.89. The maximum absolute atomic E-state index is 5.58. The van der Waals surface area contributed by atoms with Gasteiger partial charge in [0.1, 0.15) is 5.75 Å². The lowest BCUT2D eigenvalue weighted by Crippen LogP contribution is -2.16. The molecule has 1 aromatic carbocycles. The van der Waals surface area contributed by atoms with E-state index >= 15 is 0 Å². The summed E-state index contributed by atoms with van der Waals surface area (Å²) in [6.07, 6.45) is 1.10. The van der Waals surface area contributed by atoms with Crippen molar-refractivity contribution in [2.45, 2.75) is 26.3 Å². The van der Waals surface area contributed by atoms with Gasteiger partial charge in [-0.15, -0.1) is 11.3 Å². The van der Waals surface area contributed by atoms with Crippen LogP contribution in [0.25, 0.3) is 0 Å². The first-order chi connectivity index (χ1) is 9.28. The van der Waals surface area contributed by atoms with Gasteiger partial charge in [-0.25, -0.2) is 0 Å². The van der Waals surface area contributed by atoms with Gasteiger partial charge in [0.25, 0.3) is 0 Å². The monoisotopic (exact) mass is 275 g/mol. The lowest BCUT2D eigenvalue weighted by Gasteiger charge is -2.16. The van der Waals surface area contributed by atoms with Gasteiger partial charge in [0.15, 0.2) is 0 Å². The van der Waals surface area contributed by atoms with Gasteiger partial charge in [-0.3, -0.25) is 0 Å². The molecule has 2 rings (SSSR count). The van der Waals surface area contributed by atoms with Crippen LogP contribution in [0, 0.1) is 0 Å². The van der Waals surface area contributed by atoms with Crippen LogP contribution < -0.4 is 10.1 Å². The molecule has 0 radical (unpaired) electrons. The normalized spacial score (nSPS) is 12.4. The van der Waals surface area contributed by atoms with Crippen molar-refractivity contribution in [3.8, 4) is 5.75 Å². The Balaban J connectivity index is 2.28. The standard InChI is InChI=1S/C16H21NOS/c1-4-14-9-10-15(19-14)16(17-3)12-7-6-8-13(11-12)18-5-2/h6-11,16-17H,4-5H2,1-3H3. The van der Waals surface area contributed by atoms with Gasteiger partial charge in [-0.2, -0.15) is 0 Å². The van der Waals surface area contributed by atoms with Crippen LogP contribution >= 0.6 is 11.3 Å². The molecule has 2 nitrogen and oxygen atoms in total. The molecule has 1 aromatic heterocycles. The summed E-state index contributed by atoms with van der Waals surface area (Å²) in [5, 5.41) is 3.40. The van der Waals surface area contributed by atoms with Crippen molar-refractivity contribution in [1.29, 1.82) is 0 Å². The minimum atomic E-state index is 0.241. The highest BCUT2D eigenvalue weighted by atomic mass is 32.1. The van der Waals surface area contributed by atoms with Gasteiger partial charge in [0.2, 0.25) is 0 Å². The van der Waals surface area contributed by atoms with Crippen LogP contribution in [0.1, 0.15) is 35.2 Å². The van der Waals surface area contributed by atoms with E-state index in [-0.39, 0.29) is 6.04 Å². The Morgan fingerprint density at radius 3 is 2.68 bits per heavy atom. The van der Waals surface area contributed by atoms with E-state index in [9.17, 15) is 0 Å². The number of thiophene rings is 1. The average molecular weight is 275 g/mol. The fraction of sp³-hybridized carbons (Fsp3) is 0.375. The third-order valence-electron chi connectivity index (χ3n) is 3.11. The van der Waals surface area contributed by atoms with Crippen molar-refractivity contribution < 1.29 is 4.74 Å². The Morgan fingerprint density at radius 2 is 2.05 bits per heavy atom. The minimum absolute atomic E-state index is 0.241. The molecule has 1 atom stereocenters. The van der Waals surface area contributed by atoms with Crippen LogP contribution in [0.4, 0.5) is 0 Å². The summed E-state index contributed by atoms with van der Waals surface area (Å²) in [7, 11) is 2.00. The highest BCUT2D eigenvalue weighted by Gasteiger charge is 2.14. The third kappa shape index (κ3) is 3.37. The molecule has 0 aliphatic heterocycles. The second-order valence-corrected chi connectivity index (χ2v) is 5.58. The van der Waals surface area contributed by atoms with Crippen molar-refractivity contribution in [1.82, 2.24) is 5.32 Å². The predicted molar refractivity (Wildman–Crippen MR) is 82.2 cm³/mol. The number of benzene rings is 1. The van der Waals surface area contributed by atoms with Gasteiger partial charge in [-0.05, 0) is 50.2 Å². The second-order valence-electron chi connectivity index (χ2n) is 4.38. The number of ether oxygens (including phenoxy) is 1. The van der Waals surface area contributed by atoms with E-state index < -0.39 is 0 Å². The molecule has 0 aliphatic rings. The quantitative estimate of drug-likeness (QED) is 0.860. The van der Waals surface area contributed by atoms with Crippen LogP contribution in [-0.2, 0) is 6.42 Å². The van der Waals surface area contributed by atoms with Gasteiger partial charge < -0.3 is 10.1 Å². The number of hydrogen-bond donors (Lipinski definition) is 1. The Kier molecular flexibility index (Phi) is 5.00. The molecule has 0 saturated heterocycles. The van der Waals surface area contributed by atoms with Gasteiger partial charge in [-0.1, -0.05) is 19.1 Å². The highest BCUT2D eigenvalue weighted by Crippen LogP contribution is 2.30. The minimum Gasteiger partial charge on any atom is -0.494 e. The molecule has 0 aliphatic carbocycles. The summed E-state index contributed by atoms with van der Waals surface area (Å²) < 4.78 is 5.58. The highest BCUT2D eigenvalue weighted by molar-refractivity contribution is 7.12. The van der Waals surface area contributed by atoms with Crippen molar-refractivity contribution >= 4 is 11.3 Å². The van der Waals surface area contributed by atoms with E-state index in [4.69, 9.17) is 4.74 Å². The maximum Gasteiger partial charge on any atom is 0.119 e. The second kappa shape index (κ2) is 6.73. The molecule has 1 heterocycles. The first-order valence-electron chi connectivity index (χ1n) is 6.77. The summed E-state index contributed by atoms with van der Waals surface area (Å²) in [6.45, 7) is 4.90. The van der Waals surface area contributed by atoms with Crippen LogP contribution in [0.3, 0.4) is 0 Å². The van der Waals surface area contributed by atoms with Crippen LogP contribution in [-0.4, -0.2) is 13.7 Å². The predicted octanol–water partition coefficient (Wildman–Crippen LogP) is 4.02. The zero-order chi connectivity index (χ0) is 13.7. The van der Waals surface area contributed by atoms with Crippen molar-refractivity contribution in [3.63, 3.8) is 0 Å². The molecule has 1 N–H and O–H groups in total. The van der Waals surface area contributed by atoms with E-state index in [0.717, 1.165) is 12.2 Å². The number of aryl methyl sites for hydroxylation is 1. The van der Waals surface area contributed by atoms with Crippen molar-refractivity contribution in [2.75, 3.05) is 13.7 Å². The number of hydrogen-bond acceptors (Lipinski definition) is 3. The van der Waals surface area contributed by atoms with E-state index in [1.807, 2.05) is 31.4 Å². The molecule has 3 heteroatoms.